The number of rotatable bonds is 4. The lowest BCUT2D eigenvalue weighted by Crippen LogP contribution is -2.43. The van der Waals surface area contributed by atoms with Crippen molar-refractivity contribution in [1.82, 2.24) is 5.32 Å². The summed E-state index contributed by atoms with van der Waals surface area (Å²) in [5, 5.41) is 2.48. The quantitative estimate of drug-likeness (QED) is 0.842. The minimum atomic E-state index is -0.647. The highest BCUT2D eigenvalue weighted by atomic mass is 19.1. The molecule has 0 radical (unpaired) electrons. The van der Waals surface area contributed by atoms with Crippen molar-refractivity contribution < 1.29 is 13.6 Å². The zero-order valence-electron chi connectivity index (χ0n) is 9.84. The molecule has 1 atom stereocenters. The number of benzene rings is 1. The number of nitrogens with two attached hydrogens (primary N) is 1. The van der Waals surface area contributed by atoms with Gasteiger partial charge in [0.25, 0.3) is 0 Å². The molecule has 0 spiro atoms. The SMILES string of the molecule is CC(C)C(N)C(=O)NCc1cc(F)ccc1F. The number of halogens is 2. The zero-order chi connectivity index (χ0) is 13.0. The van der Waals surface area contributed by atoms with E-state index < -0.39 is 17.7 Å². The van der Waals surface area contributed by atoms with Gasteiger partial charge in [0, 0.05) is 12.1 Å². The maximum absolute atomic E-state index is 13.2. The molecule has 1 aromatic rings. The number of amides is 1. The van der Waals surface area contributed by atoms with Gasteiger partial charge < -0.3 is 11.1 Å². The molecule has 1 aromatic carbocycles. The van der Waals surface area contributed by atoms with Gasteiger partial charge in [-0.25, -0.2) is 8.78 Å². The van der Waals surface area contributed by atoms with E-state index in [9.17, 15) is 13.6 Å². The van der Waals surface area contributed by atoms with Gasteiger partial charge in [-0.15, -0.1) is 0 Å². The van der Waals surface area contributed by atoms with Crippen LogP contribution < -0.4 is 11.1 Å². The Bertz CT molecular complexity index is 407. The molecule has 94 valence electrons. The number of carbonyl (C=O) groups is 1. The third kappa shape index (κ3) is 3.78. The van der Waals surface area contributed by atoms with E-state index in [-0.39, 0.29) is 23.9 Å². The van der Waals surface area contributed by atoms with Crippen LogP contribution in [0.3, 0.4) is 0 Å². The second kappa shape index (κ2) is 5.72. The van der Waals surface area contributed by atoms with Gasteiger partial charge in [-0.1, -0.05) is 13.8 Å². The Kier molecular flexibility index (Phi) is 4.57. The summed E-state index contributed by atoms with van der Waals surface area (Å²) < 4.78 is 26.1. The van der Waals surface area contributed by atoms with E-state index in [2.05, 4.69) is 5.32 Å². The predicted octanol–water partition coefficient (Wildman–Crippen LogP) is 1.56. The van der Waals surface area contributed by atoms with Crippen LogP contribution in [0.1, 0.15) is 19.4 Å². The second-order valence-corrected chi connectivity index (χ2v) is 4.22. The maximum Gasteiger partial charge on any atom is 0.237 e. The van der Waals surface area contributed by atoms with Crippen molar-refractivity contribution in [3.8, 4) is 0 Å². The van der Waals surface area contributed by atoms with Crippen molar-refractivity contribution in [2.75, 3.05) is 0 Å². The van der Waals surface area contributed by atoms with E-state index in [1.807, 2.05) is 13.8 Å². The highest BCUT2D eigenvalue weighted by molar-refractivity contribution is 5.81. The lowest BCUT2D eigenvalue weighted by atomic mass is 10.0. The Morgan fingerprint density at radius 2 is 2.06 bits per heavy atom. The topological polar surface area (TPSA) is 55.1 Å². The van der Waals surface area contributed by atoms with Gasteiger partial charge in [-0.2, -0.15) is 0 Å². The molecule has 1 amide bonds. The first-order valence-electron chi connectivity index (χ1n) is 5.39. The first-order valence-corrected chi connectivity index (χ1v) is 5.39. The van der Waals surface area contributed by atoms with Gasteiger partial charge in [0.1, 0.15) is 11.6 Å². The largest absolute Gasteiger partial charge is 0.351 e. The zero-order valence-corrected chi connectivity index (χ0v) is 9.84. The van der Waals surface area contributed by atoms with E-state index in [4.69, 9.17) is 5.73 Å². The fourth-order valence-corrected chi connectivity index (χ4v) is 1.28. The van der Waals surface area contributed by atoms with Crippen LogP contribution in [0.5, 0.6) is 0 Å². The van der Waals surface area contributed by atoms with Crippen molar-refractivity contribution >= 4 is 5.91 Å². The van der Waals surface area contributed by atoms with Crippen LogP contribution in [-0.4, -0.2) is 11.9 Å². The monoisotopic (exact) mass is 242 g/mol. The Balaban J connectivity index is 2.61. The van der Waals surface area contributed by atoms with Gasteiger partial charge in [-0.05, 0) is 24.1 Å². The van der Waals surface area contributed by atoms with Gasteiger partial charge >= 0.3 is 0 Å². The molecule has 1 unspecified atom stereocenters. The Labute approximate surface area is 99.0 Å². The molecule has 0 fully saturated rings. The second-order valence-electron chi connectivity index (χ2n) is 4.22. The molecule has 0 heterocycles. The van der Waals surface area contributed by atoms with Crippen molar-refractivity contribution in [3.05, 3.63) is 35.4 Å². The molecule has 0 aliphatic heterocycles. The van der Waals surface area contributed by atoms with E-state index in [1.54, 1.807) is 0 Å². The average molecular weight is 242 g/mol. The third-order valence-electron chi connectivity index (χ3n) is 2.48. The van der Waals surface area contributed by atoms with Crippen LogP contribution in [-0.2, 0) is 11.3 Å². The van der Waals surface area contributed by atoms with Gasteiger partial charge in [-0.3, -0.25) is 4.79 Å². The first kappa shape index (κ1) is 13.6. The van der Waals surface area contributed by atoms with Gasteiger partial charge in [0.05, 0.1) is 6.04 Å². The molecule has 0 aliphatic carbocycles. The molecule has 3 N–H and O–H groups in total. The molecule has 0 bridgehead atoms. The lowest BCUT2D eigenvalue weighted by molar-refractivity contribution is -0.123. The van der Waals surface area contributed by atoms with E-state index in [0.717, 1.165) is 18.2 Å². The van der Waals surface area contributed by atoms with Crippen LogP contribution in [0.2, 0.25) is 0 Å². The maximum atomic E-state index is 13.2. The van der Waals surface area contributed by atoms with Gasteiger partial charge in [0.15, 0.2) is 0 Å². The number of hydrogen-bond donors (Lipinski definition) is 2. The molecule has 0 saturated carbocycles. The lowest BCUT2D eigenvalue weighted by Gasteiger charge is -2.15. The van der Waals surface area contributed by atoms with Crippen molar-refractivity contribution in [1.29, 1.82) is 0 Å². The number of nitrogens with one attached hydrogen (secondary N) is 1. The van der Waals surface area contributed by atoms with Crippen LogP contribution in [0, 0.1) is 17.6 Å². The minimum absolute atomic E-state index is 0.00708. The molecular formula is C12H16F2N2O. The summed E-state index contributed by atoms with van der Waals surface area (Å²) in [6.07, 6.45) is 0. The highest BCUT2D eigenvalue weighted by Crippen LogP contribution is 2.09. The van der Waals surface area contributed by atoms with Gasteiger partial charge in [0.2, 0.25) is 5.91 Å². The summed E-state index contributed by atoms with van der Waals surface area (Å²) in [5.41, 5.74) is 5.72. The molecule has 1 rings (SSSR count). The molecule has 0 saturated heterocycles. The normalized spacial score (nSPS) is 12.6. The first-order chi connectivity index (χ1) is 7.91. The third-order valence-corrected chi connectivity index (χ3v) is 2.48. The van der Waals surface area contributed by atoms with Crippen LogP contribution >= 0.6 is 0 Å². The molecule has 0 aromatic heterocycles. The summed E-state index contributed by atoms with van der Waals surface area (Å²) in [4.78, 5) is 11.5. The highest BCUT2D eigenvalue weighted by Gasteiger charge is 2.17. The van der Waals surface area contributed by atoms with Crippen molar-refractivity contribution in [3.63, 3.8) is 0 Å². The smallest absolute Gasteiger partial charge is 0.237 e. The standard InChI is InChI=1S/C12H16F2N2O/c1-7(2)11(15)12(17)16-6-8-5-9(13)3-4-10(8)14/h3-5,7,11H,6,15H2,1-2H3,(H,16,17). The summed E-state index contributed by atoms with van der Waals surface area (Å²) in [7, 11) is 0. The Morgan fingerprint density at radius 3 is 2.65 bits per heavy atom. The van der Waals surface area contributed by atoms with Crippen LogP contribution in [0.25, 0.3) is 0 Å². The summed E-state index contributed by atoms with van der Waals surface area (Å²) in [6.45, 7) is 3.56. The summed E-state index contributed by atoms with van der Waals surface area (Å²) in [6, 6.07) is 2.46. The molecule has 0 aliphatic rings. The molecular weight excluding hydrogens is 226 g/mol. The summed E-state index contributed by atoms with van der Waals surface area (Å²) >= 11 is 0. The number of carbonyl (C=O) groups excluding carboxylic acids is 1. The Morgan fingerprint density at radius 1 is 1.41 bits per heavy atom. The van der Waals surface area contributed by atoms with E-state index in [1.165, 1.54) is 0 Å². The molecule has 17 heavy (non-hydrogen) atoms. The summed E-state index contributed by atoms with van der Waals surface area (Å²) in [5.74, 6) is -1.47. The molecule has 5 heteroatoms. The number of hydrogen-bond acceptors (Lipinski definition) is 2. The Hall–Kier alpha value is -1.49. The average Bonchev–Trinajstić information content (AvgIpc) is 2.28. The predicted molar refractivity (Wildman–Crippen MR) is 61.0 cm³/mol. The molecule has 3 nitrogen and oxygen atoms in total. The van der Waals surface area contributed by atoms with Crippen LogP contribution in [0.4, 0.5) is 8.78 Å². The van der Waals surface area contributed by atoms with Crippen molar-refractivity contribution in [2.45, 2.75) is 26.4 Å². The fourth-order valence-electron chi connectivity index (χ4n) is 1.28. The van der Waals surface area contributed by atoms with E-state index >= 15 is 0 Å². The van der Waals surface area contributed by atoms with Crippen molar-refractivity contribution in [2.24, 2.45) is 11.7 Å². The minimum Gasteiger partial charge on any atom is -0.351 e. The fraction of sp³-hybridized carbons (Fsp3) is 0.417. The van der Waals surface area contributed by atoms with Crippen LogP contribution in [0.15, 0.2) is 18.2 Å². The van der Waals surface area contributed by atoms with E-state index in [0.29, 0.717) is 0 Å².